The lowest BCUT2D eigenvalue weighted by molar-refractivity contribution is 0.0634. The molecule has 3 rings (SSSR count). The Morgan fingerprint density at radius 2 is 1.88 bits per heavy atom. The molecule has 2 heterocycles. The van der Waals surface area contributed by atoms with Gasteiger partial charge >= 0.3 is 0 Å². The first-order chi connectivity index (χ1) is 11.6. The minimum absolute atomic E-state index is 0.117. The van der Waals surface area contributed by atoms with Crippen LogP contribution in [0.2, 0.25) is 0 Å². The largest absolute Gasteiger partial charge is 0.337 e. The van der Waals surface area contributed by atoms with Crippen molar-refractivity contribution in [1.29, 1.82) is 0 Å². The summed E-state index contributed by atoms with van der Waals surface area (Å²) in [6.45, 7) is 6.90. The van der Waals surface area contributed by atoms with Gasteiger partial charge in [-0.3, -0.25) is 13.9 Å². The smallest absolute Gasteiger partial charge is 0.270 e. The number of carbonyl (C=O) groups is 1. The maximum atomic E-state index is 13.0. The van der Waals surface area contributed by atoms with Crippen molar-refractivity contribution in [3.63, 3.8) is 0 Å². The molecule has 0 saturated carbocycles. The van der Waals surface area contributed by atoms with Crippen LogP contribution in [0.25, 0.3) is 10.9 Å². The van der Waals surface area contributed by atoms with Gasteiger partial charge in [0.25, 0.3) is 5.91 Å². The van der Waals surface area contributed by atoms with Gasteiger partial charge in [0.1, 0.15) is 5.69 Å². The van der Waals surface area contributed by atoms with Crippen molar-refractivity contribution in [3.8, 4) is 0 Å². The highest BCUT2D eigenvalue weighted by Gasteiger charge is 2.24. The number of para-hydroxylation sites is 1. The van der Waals surface area contributed by atoms with Gasteiger partial charge in [0.05, 0.1) is 0 Å². The molecule has 1 unspecified atom stereocenters. The van der Waals surface area contributed by atoms with E-state index in [9.17, 15) is 9.00 Å². The first-order valence-corrected chi connectivity index (χ1v) is 10.2. The van der Waals surface area contributed by atoms with Gasteiger partial charge in [-0.2, -0.15) is 0 Å². The molecule has 1 saturated heterocycles. The summed E-state index contributed by atoms with van der Waals surface area (Å²) < 4.78 is 13.3. The van der Waals surface area contributed by atoms with Gasteiger partial charge < -0.3 is 9.47 Å². The van der Waals surface area contributed by atoms with E-state index >= 15 is 0 Å². The third-order valence-electron chi connectivity index (χ3n) is 4.70. The predicted molar refractivity (Wildman–Crippen MR) is 98.9 cm³/mol. The highest BCUT2D eigenvalue weighted by molar-refractivity contribution is 7.84. The molecule has 1 atom stereocenters. The van der Waals surface area contributed by atoms with Crippen molar-refractivity contribution in [2.75, 3.05) is 44.7 Å². The maximum absolute atomic E-state index is 13.0. The molecule has 0 aliphatic carbocycles. The predicted octanol–water partition coefficient (Wildman–Crippen LogP) is 1.80. The Kier molecular flexibility index (Phi) is 5.36. The van der Waals surface area contributed by atoms with E-state index in [1.807, 2.05) is 23.1 Å². The number of hydrogen-bond acceptors (Lipinski definition) is 3. The molecule has 0 N–H and O–H groups in total. The molecule has 1 aromatic heterocycles. The summed E-state index contributed by atoms with van der Waals surface area (Å²) in [5.74, 6) is 0.824. The average molecular weight is 347 g/mol. The Hall–Kier alpha value is -1.66. The van der Waals surface area contributed by atoms with Gasteiger partial charge in [-0.05, 0) is 19.1 Å². The molecule has 5 nitrogen and oxygen atoms in total. The molecule has 24 heavy (non-hydrogen) atoms. The number of amides is 1. The van der Waals surface area contributed by atoms with Crippen LogP contribution in [0.4, 0.5) is 0 Å². The van der Waals surface area contributed by atoms with E-state index in [0.717, 1.165) is 55.9 Å². The molecule has 0 bridgehead atoms. The van der Waals surface area contributed by atoms with Crippen LogP contribution in [-0.2, 0) is 17.3 Å². The highest BCUT2D eigenvalue weighted by Crippen LogP contribution is 2.21. The SMILES string of the molecule is CCn1c(C(=O)N2CCN(CCS(C)=O)CC2)cc2ccccc21. The fourth-order valence-electron chi connectivity index (χ4n) is 3.32. The molecule has 1 aromatic carbocycles. The summed E-state index contributed by atoms with van der Waals surface area (Å²) in [4.78, 5) is 17.2. The minimum atomic E-state index is -0.753. The number of piperazine rings is 1. The topological polar surface area (TPSA) is 45.6 Å². The van der Waals surface area contributed by atoms with Gasteiger partial charge in [-0.15, -0.1) is 0 Å². The normalized spacial score (nSPS) is 17.3. The summed E-state index contributed by atoms with van der Waals surface area (Å²) >= 11 is 0. The standard InChI is InChI=1S/C18H25N3O2S/c1-3-21-16-7-5-4-6-15(16)14-17(21)18(22)20-10-8-19(9-11-20)12-13-24(2)23/h4-7,14H,3,8-13H2,1-2H3. The molecule has 1 fully saturated rings. The molecule has 1 aliphatic rings. The fraction of sp³-hybridized carbons (Fsp3) is 0.500. The Morgan fingerprint density at radius 3 is 2.54 bits per heavy atom. The van der Waals surface area contributed by atoms with E-state index in [-0.39, 0.29) is 5.91 Å². The van der Waals surface area contributed by atoms with Crippen LogP contribution >= 0.6 is 0 Å². The number of rotatable bonds is 5. The number of aryl methyl sites for hydroxylation is 1. The number of hydrogen-bond donors (Lipinski definition) is 0. The second-order valence-electron chi connectivity index (χ2n) is 6.24. The molecular weight excluding hydrogens is 322 g/mol. The van der Waals surface area contributed by atoms with Gasteiger partial charge in [-0.1, -0.05) is 18.2 Å². The summed E-state index contributed by atoms with van der Waals surface area (Å²) in [5, 5.41) is 1.12. The number of nitrogens with zero attached hydrogens (tertiary/aromatic N) is 3. The molecule has 0 radical (unpaired) electrons. The zero-order valence-corrected chi connectivity index (χ0v) is 15.2. The minimum Gasteiger partial charge on any atom is -0.337 e. The Morgan fingerprint density at radius 1 is 1.17 bits per heavy atom. The third kappa shape index (κ3) is 3.54. The first-order valence-electron chi connectivity index (χ1n) is 8.50. The molecule has 2 aromatic rings. The van der Waals surface area contributed by atoms with Crippen molar-refractivity contribution in [3.05, 3.63) is 36.0 Å². The van der Waals surface area contributed by atoms with E-state index in [0.29, 0.717) is 5.75 Å². The molecule has 6 heteroatoms. The lowest BCUT2D eigenvalue weighted by atomic mass is 10.2. The molecule has 130 valence electrons. The molecule has 1 aliphatic heterocycles. The van der Waals surface area contributed by atoms with Gasteiger partial charge in [0.2, 0.25) is 0 Å². The zero-order valence-electron chi connectivity index (χ0n) is 14.4. The number of carbonyl (C=O) groups excluding carboxylic acids is 1. The zero-order chi connectivity index (χ0) is 17.1. The van der Waals surface area contributed by atoms with Crippen LogP contribution in [-0.4, -0.2) is 69.2 Å². The van der Waals surface area contributed by atoms with E-state index < -0.39 is 10.8 Å². The summed E-state index contributed by atoms with van der Waals surface area (Å²) in [5.41, 5.74) is 1.90. The van der Waals surface area contributed by atoms with Crippen LogP contribution in [0.5, 0.6) is 0 Å². The van der Waals surface area contributed by atoms with Crippen LogP contribution < -0.4 is 0 Å². The van der Waals surface area contributed by atoms with Crippen molar-refractivity contribution in [2.24, 2.45) is 0 Å². The average Bonchev–Trinajstić information content (AvgIpc) is 2.98. The first kappa shape index (κ1) is 17.2. The van der Waals surface area contributed by atoms with Gasteiger partial charge in [0.15, 0.2) is 0 Å². The molecule has 0 spiro atoms. The number of fused-ring (bicyclic) bond motifs is 1. The van der Waals surface area contributed by atoms with Crippen molar-refractivity contribution in [1.82, 2.24) is 14.4 Å². The molecule has 1 amide bonds. The fourth-order valence-corrected chi connectivity index (χ4v) is 3.84. The second kappa shape index (κ2) is 7.49. The number of aromatic nitrogens is 1. The van der Waals surface area contributed by atoms with E-state index in [1.54, 1.807) is 6.26 Å². The number of benzene rings is 1. The maximum Gasteiger partial charge on any atom is 0.270 e. The Balaban J connectivity index is 1.71. The Labute approximate surface area is 145 Å². The van der Waals surface area contributed by atoms with Crippen molar-refractivity contribution < 1.29 is 9.00 Å². The summed E-state index contributed by atoms with van der Waals surface area (Å²) in [6, 6.07) is 10.2. The van der Waals surface area contributed by atoms with Crippen molar-refractivity contribution in [2.45, 2.75) is 13.5 Å². The molecular formula is C18H25N3O2S. The van der Waals surface area contributed by atoms with Crippen LogP contribution in [0.3, 0.4) is 0 Å². The summed E-state index contributed by atoms with van der Waals surface area (Å²) in [7, 11) is -0.753. The van der Waals surface area contributed by atoms with Crippen molar-refractivity contribution >= 4 is 27.6 Å². The van der Waals surface area contributed by atoms with Crippen LogP contribution in [0.15, 0.2) is 30.3 Å². The summed E-state index contributed by atoms with van der Waals surface area (Å²) in [6.07, 6.45) is 1.74. The highest BCUT2D eigenvalue weighted by atomic mass is 32.2. The quantitative estimate of drug-likeness (QED) is 0.828. The second-order valence-corrected chi connectivity index (χ2v) is 7.80. The van der Waals surface area contributed by atoms with Crippen LogP contribution in [0, 0.1) is 0 Å². The van der Waals surface area contributed by atoms with Gasteiger partial charge in [-0.25, -0.2) is 0 Å². The lowest BCUT2D eigenvalue weighted by Gasteiger charge is -2.34. The van der Waals surface area contributed by atoms with Crippen LogP contribution in [0.1, 0.15) is 17.4 Å². The van der Waals surface area contributed by atoms with E-state index in [1.165, 1.54) is 0 Å². The lowest BCUT2D eigenvalue weighted by Crippen LogP contribution is -2.49. The van der Waals surface area contributed by atoms with E-state index in [4.69, 9.17) is 0 Å². The van der Waals surface area contributed by atoms with E-state index in [2.05, 4.69) is 28.5 Å². The third-order valence-corrected chi connectivity index (χ3v) is 5.46. The monoisotopic (exact) mass is 347 g/mol. The Bertz CT molecular complexity index is 748. The van der Waals surface area contributed by atoms with Gasteiger partial charge in [0, 0.05) is 73.0 Å².